The molecule has 0 amide bonds. The van der Waals surface area contributed by atoms with Crippen LogP contribution in [-0.2, 0) is 10.0 Å². The molecular formula is C20H25ClN4O2S2. The lowest BCUT2D eigenvalue weighted by atomic mass is 10.1. The zero-order valence-electron chi connectivity index (χ0n) is 16.2. The molecule has 0 bridgehead atoms. The summed E-state index contributed by atoms with van der Waals surface area (Å²) in [6.45, 7) is 4.30. The van der Waals surface area contributed by atoms with Crippen LogP contribution in [0, 0.1) is 0 Å². The molecule has 6 nitrogen and oxygen atoms in total. The molecule has 0 atom stereocenters. The first kappa shape index (κ1) is 21.7. The van der Waals surface area contributed by atoms with Gasteiger partial charge in [-0.3, -0.25) is 4.72 Å². The molecule has 0 spiro atoms. The molecule has 1 heterocycles. The van der Waals surface area contributed by atoms with Crippen molar-refractivity contribution < 1.29 is 8.42 Å². The minimum atomic E-state index is -3.82. The number of hydrogen-bond donors (Lipinski definition) is 3. The SMILES string of the molecule is CCNC(=S)Nc1ccc(N2CCCCC2)c(S(=O)(=O)Nc2ccc(Cl)cc2)c1. The van der Waals surface area contributed by atoms with E-state index in [9.17, 15) is 8.42 Å². The molecule has 1 saturated heterocycles. The van der Waals surface area contributed by atoms with Crippen LogP contribution < -0.4 is 20.3 Å². The van der Waals surface area contributed by atoms with Crippen LogP contribution >= 0.6 is 23.8 Å². The Hall–Kier alpha value is -2.03. The third-order valence-corrected chi connectivity index (χ3v) is 6.55. The number of rotatable bonds is 6. The number of anilines is 3. The highest BCUT2D eigenvalue weighted by atomic mass is 35.5. The van der Waals surface area contributed by atoms with Gasteiger partial charge in [0.2, 0.25) is 0 Å². The lowest BCUT2D eigenvalue weighted by Gasteiger charge is -2.30. The van der Waals surface area contributed by atoms with Gasteiger partial charge < -0.3 is 15.5 Å². The van der Waals surface area contributed by atoms with Gasteiger partial charge in [-0.05, 0) is 80.9 Å². The van der Waals surface area contributed by atoms with Crippen LogP contribution in [0.15, 0.2) is 47.4 Å². The van der Waals surface area contributed by atoms with E-state index in [0.29, 0.717) is 33.7 Å². The van der Waals surface area contributed by atoms with E-state index in [-0.39, 0.29) is 4.90 Å². The van der Waals surface area contributed by atoms with Crippen LogP contribution in [0.4, 0.5) is 17.1 Å². The molecule has 1 fully saturated rings. The second kappa shape index (κ2) is 9.65. The van der Waals surface area contributed by atoms with Crippen molar-refractivity contribution in [3.63, 3.8) is 0 Å². The molecule has 0 aromatic heterocycles. The number of halogens is 1. The van der Waals surface area contributed by atoms with Gasteiger partial charge in [0, 0.05) is 36.0 Å². The van der Waals surface area contributed by atoms with E-state index in [1.807, 2.05) is 19.1 Å². The Kier molecular flexibility index (Phi) is 7.21. The predicted octanol–water partition coefficient (Wildman–Crippen LogP) is 4.44. The summed E-state index contributed by atoms with van der Waals surface area (Å²) in [5.41, 5.74) is 1.78. The maximum atomic E-state index is 13.3. The third-order valence-electron chi connectivity index (χ3n) is 4.64. The first-order valence-corrected chi connectivity index (χ1v) is 11.9. The molecule has 0 aliphatic carbocycles. The van der Waals surface area contributed by atoms with Crippen LogP contribution in [0.25, 0.3) is 0 Å². The molecule has 29 heavy (non-hydrogen) atoms. The highest BCUT2D eigenvalue weighted by Gasteiger charge is 2.24. The van der Waals surface area contributed by atoms with E-state index < -0.39 is 10.0 Å². The number of sulfonamides is 1. The Bertz CT molecular complexity index is 959. The highest BCUT2D eigenvalue weighted by molar-refractivity contribution is 7.93. The fraction of sp³-hybridized carbons (Fsp3) is 0.350. The number of nitrogens with zero attached hydrogens (tertiary/aromatic N) is 1. The standard InChI is InChI=1S/C20H25ClN4O2S2/c1-2-22-20(28)23-17-10-11-18(25-12-4-3-5-13-25)19(14-17)29(26,27)24-16-8-6-15(21)7-9-16/h6-11,14,24H,2-5,12-13H2,1H3,(H2,22,23,28). The topological polar surface area (TPSA) is 73.5 Å². The van der Waals surface area contributed by atoms with Gasteiger partial charge in [0.1, 0.15) is 4.90 Å². The Morgan fingerprint density at radius 3 is 2.38 bits per heavy atom. The largest absolute Gasteiger partial charge is 0.370 e. The minimum absolute atomic E-state index is 0.221. The summed E-state index contributed by atoms with van der Waals surface area (Å²) in [4.78, 5) is 2.35. The Labute approximate surface area is 182 Å². The monoisotopic (exact) mass is 452 g/mol. The van der Waals surface area contributed by atoms with Crippen molar-refractivity contribution in [3.05, 3.63) is 47.5 Å². The molecule has 9 heteroatoms. The van der Waals surface area contributed by atoms with E-state index >= 15 is 0 Å². The number of nitrogens with one attached hydrogen (secondary N) is 3. The lowest BCUT2D eigenvalue weighted by molar-refractivity contribution is 0.571. The zero-order valence-corrected chi connectivity index (χ0v) is 18.6. The lowest BCUT2D eigenvalue weighted by Crippen LogP contribution is -2.31. The zero-order chi connectivity index (χ0) is 20.9. The fourth-order valence-corrected chi connectivity index (χ4v) is 4.97. The van der Waals surface area contributed by atoms with E-state index in [4.69, 9.17) is 23.8 Å². The van der Waals surface area contributed by atoms with Gasteiger partial charge in [0.25, 0.3) is 10.0 Å². The van der Waals surface area contributed by atoms with E-state index in [0.717, 1.165) is 32.4 Å². The smallest absolute Gasteiger partial charge is 0.264 e. The number of piperidine rings is 1. The Balaban J connectivity index is 1.96. The Morgan fingerprint density at radius 1 is 1.07 bits per heavy atom. The normalized spacial score (nSPS) is 14.3. The van der Waals surface area contributed by atoms with Crippen LogP contribution in [0.2, 0.25) is 5.02 Å². The number of thiocarbonyl (C=S) groups is 1. The van der Waals surface area contributed by atoms with E-state index in [1.54, 1.807) is 30.3 Å². The van der Waals surface area contributed by atoms with Crippen molar-refractivity contribution in [2.75, 3.05) is 34.6 Å². The van der Waals surface area contributed by atoms with Crippen LogP contribution in [0.1, 0.15) is 26.2 Å². The molecule has 1 aliphatic heterocycles. The summed E-state index contributed by atoms with van der Waals surface area (Å²) in [5, 5.41) is 7.05. The molecule has 0 unspecified atom stereocenters. The molecule has 2 aromatic carbocycles. The predicted molar refractivity (Wildman–Crippen MR) is 125 cm³/mol. The summed E-state index contributed by atoms with van der Waals surface area (Å²) >= 11 is 11.1. The molecule has 156 valence electrons. The van der Waals surface area contributed by atoms with Gasteiger partial charge in [-0.2, -0.15) is 0 Å². The number of hydrogen-bond acceptors (Lipinski definition) is 4. The van der Waals surface area contributed by atoms with Crippen molar-refractivity contribution >= 4 is 56.0 Å². The quantitative estimate of drug-likeness (QED) is 0.563. The van der Waals surface area contributed by atoms with Crippen molar-refractivity contribution in [1.29, 1.82) is 0 Å². The van der Waals surface area contributed by atoms with Crippen molar-refractivity contribution in [2.45, 2.75) is 31.1 Å². The van der Waals surface area contributed by atoms with Crippen molar-refractivity contribution in [1.82, 2.24) is 5.32 Å². The maximum Gasteiger partial charge on any atom is 0.264 e. The van der Waals surface area contributed by atoms with Crippen LogP contribution in [0.3, 0.4) is 0 Å². The first-order valence-electron chi connectivity index (χ1n) is 9.61. The highest BCUT2D eigenvalue weighted by Crippen LogP contribution is 2.32. The van der Waals surface area contributed by atoms with E-state index in [1.165, 1.54) is 0 Å². The van der Waals surface area contributed by atoms with Crippen molar-refractivity contribution in [2.24, 2.45) is 0 Å². The summed E-state index contributed by atoms with van der Waals surface area (Å²) in [7, 11) is -3.82. The van der Waals surface area contributed by atoms with Gasteiger partial charge >= 0.3 is 0 Å². The van der Waals surface area contributed by atoms with Gasteiger partial charge in [-0.1, -0.05) is 11.6 Å². The second-order valence-corrected chi connectivity index (χ2v) is 9.32. The fourth-order valence-electron chi connectivity index (χ4n) is 3.27. The molecule has 3 rings (SSSR count). The molecule has 1 aliphatic rings. The summed E-state index contributed by atoms with van der Waals surface area (Å²) in [5.74, 6) is 0. The van der Waals surface area contributed by atoms with Gasteiger partial charge in [-0.15, -0.1) is 0 Å². The molecule has 0 radical (unpaired) electrons. The first-order chi connectivity index (χ1) is 13.9. The summed E-state index contributed by atoms with van der Waals surface area (Å²) in [6.07, 6.45) is 3.27. The second-order valence-electron chi connectivity index (χ2n) is 6.83. The van der Waals surface area contributed by atoms with Crippen LogP contribution in [0.5, 0.6) is 0 Å². The van der Waals surface area contributed by atoms with Crippen LogP contribution in [-0.4, -0.2) is 33.2 Å². The maximum absolute atomic E-state index is 13.3. The Morgan fingerprint density at radius 2 is 1.72 bits per heavy atom. The van der Waals surface area contributed by atoms with Crippen molar-refractivity contribution in [3.8, 4) is 0 Å². The molecule has 3 N–H and O–H groups in total. The number of benzene rings is 2. The van der Waals surface area contributed by atoms with Gasteiger partial charge in [-0.25, -0.2) is 8.42 Å². The third kappa shape index (κ3) is 5.74. The van der Waals surface area contributed by atoms with E-state index in [2.05, 4.69) is 20.3 Å². The minimum Gasteiger partial charge on any atom is -0.370 e. The van der Waals surface area contributed by atoms with Gasteiger partial charge in [0.05, 0.1) is 5.69 Å². The molecular weight excluding hydrogens is 428 g/mol. The summed E-state index contributed by atoms with van der Waals surface area (Å²) in [6, 6.07) is 11.9. The average molecular weight is 453 g/mol. The average Bonchev–Trinajstić information content (AvgIpc) is 2.70. The van der Waals surface area contributed by atoms with Gasteiger partial charge in [0.15, 0.2) is 5.11 Å². The molecule has 2 aromatic rings. The summed E-state index contributed by atoms with van der Waals surface area (Å²) < 4.78 is 29.2. The molecule has 0 saturated carbocycles.